The highest BCUT2D eigenvalue weighted by Gasteiger charge is 2.33. The Morgan fingerprint density at radius 1 is 0.800 bits per heavy atom. The van der Waals surface area contributed by atoms with Gasteiger partial charge in [-0.1, -0.05) is 12.1 Å². The van der Waals surface area contributed by atoms with Gasteiger partial charge in [0.05, 0.1) is 11.4 Å². The molecule has 25 heavy (non-hydrogen) atoms. The molecule has 0 radical (unpaired) electrons. The maximum absolute atomic E-state index is 5.91. The van der Waals surface area contributed by atoms with Crippen molar-refractivity contribution in [3.05, 3.63) is 48.5 Å². The second-order valence-electron chi connectivity index (χ2n) is 5.97. The molecule has 0 aliphatic rings. The Morgan fingerprint density at radius 3 is 1.64 bits per heavy atom. The monoisotopic (exact) mass is 357 g/mol. The van der Waals surface area contributed by atoms with Crippen molar-refractivity contribution in [3.8, 4) is 0 Å². The van der Waals surface area contributed by atoms with Gasteiger partial charge < -0.3 is 13.8 Å². The minimum atomic E-state index is -2.33. The third-order valence-corrected chi connectivity index (χ3v) is 6.94. The molecule has 0 fully saturated rings. The summed E-state index contributed by atoms with van der Waals surface area (Å²) in [6, 6.07) is 15.9. The van der Waals surface area contributed by atoms with Crippen molar-refractivity contribution >= 4 is 30.8 Å². The number of hydrogen-bond donors (Lipinski definition) is 0. The van der Waals surface area contributed by atoms with E-state index in [0.29, 0.717) is 13.2 Å². The molecule has 2 rings (SSSR count). The third kappa shape index (κ3) is 5.22. The SMILES string of the molecule is CCO[Si](C)(OCC)c1ccc(N=Nc2ccc(N(C)C)cc2)cc1. The van der Waals surface area contributed by atoms with Gasteiger partial charge in [-0.15, -0.1) is 0 Å². The molecule has 0 aliphatic carbocycles. The van der Waals surface area contributed by atoms with Crippen molar-refractivity contribution in [2.45, 2.75) is 20.4 Å². The molecule has 0 bridgehead atoms. The molecular weight excluding hydrogens is 330 g/mol. The lowest BCUT2D eigenvalue weighted by Crippen LogP contribution is -2.51. The largest absolute Gasteiger partial charge is 0.391 e. The van der Waals surface area contributed by atoms with Gasteiger partial charge in [-0.25, -0.2) is 0 Å². The fraction of sp³-hybridized carbons (Fsp3) is 0.368. The van der Waals surface area contributed by atoms with Gasteiger partial charge in [0, 0.05) is 33.0 Å². The van der Waals surface area contributed by atoms with E-state index in [4.69, 9.17) is 8.85 Å². The maximum atomic E-state index is 5.91. The second kappa shape index (κ2) is 8.89. The molecule has 134 valence electrons. The standard InChI is InChI=1S/C19H27N3O2Si/c1-6-23-25(5,24-7-2)19-14-10-17(11-15-19)21-20-16-8-12-18(13-9-16)22(3)4/h8-15H,6-7H2,1-5H3. The van der Waals surface area contributed by atoms with Crippen LogP contribution in [0.4, 0.5) is 17.1 Å². The molecule has 0 heterocycles. The van der Waals surface area contributed by atoms with Gasteiger partial charge in [0.2, 0.25) is 0 Å². The normalized spacial score (nSPS) is 11.9. The molecule has 0 atom stereocenters. The van der Waals surface area contributed by atoms with E-state index < -0.39 is 8.56 Å². The molecule has 0 spiro atoms. The average Bonchev–Trinajstić information content (AvgIpc) is 2.61. The van der Waals surface area contributed by atoms with Crippen LogP contribution in [-0.4, -0.2) is 35.9 Å². The van der Waals surface area contributed by atoms with Crippen molar-refractivity contribution in [2.24, 2.45) is 10.2 Å². The van der Waals surface area contributed by atoms with E-state index >= 15 is 0 Å². The van der Waals surface area contributed by atoms with E-state index in [-0.39, 0.29) is 0 Å². The van der Waals surface area contributed by atoms with E-state index in [0.717, 1.165) is 22.2 Å². The Kier molecular flexibility index (Phi) is 6.87. The van der Waals surface area contributed by atoms with Gasteiger partial charge in [-0.2, -0.15) is 10.2 Å². The van der Waals surface area contributed by atoms with Crippen molar-refractivity contribution in [1.29, 1.82) is 0 Å². The zero-order chi connectivity index (χ0) is 18.3. The van der Waals surface area contributed by atoms with E-state index in [2.05, 4.69) is 21.7 Å². The molecule has 0 unspecified atom stereocenters. The van der Waals surface area contributed by atoms with Crippen LogP contribution in [0.2, 0.25) is 6.55 Å². The summed E-state index contributed by atoms with van der Waals surface area (Å²) in [7, 11) is 1.70. The summed E-state index contributed by atoms with van der Waals surface area (Å²) in [6.07, 6.45) is 0. The summed E-state index contributed by atoms with van der Waals surface area (Å²) in [4.78, 5) is 2.05. The minimum absolute atomic E-state index is 0.646. The lowest BCUT2D eigenvalue weighted by Gasteiger charge is -2.26. The first-order valence-corrected chi connectivity index (χ1v) is 10.9. The highest BCUT2D eigenvalue weighted by atomic mass is 28.4. The van der Waals surface area contributed by atoms with Crippen LogP contribution in [0.25, 0.3) is 0 Å². The Bertz CT molecular complexity index is 679. The van der Waals surface area contributed by atoms with Gasteiger partial charge in [0.25, 0.3) is 0 Å². The van der Waals surface area contributed by atoms with Crippen molar-refractivity contribution in [3.63, 3.8) is 0 Å². The van der Waals surface area contributed by atoms with Gasteiger partial charge in [0.1, 0.15) is 0 Å². The van der Waals surface area contributed by atoms with Crippen LogP contribution in [-0.2, 0) is 8.85 Å². The summed E-state index contributed by atoms with van der Waals surface area (Å²) < 4.78 is 11.8. The van der Waals surface area contributed by atoms with Crippen LogP contribution in [0.5, 0.6) is 0 Å². The van der Waals surface area contributed by atoms with E-state index in [1.165, 1.54) is 0 Å². The first-order chi connectivity index (χ1) is 12.0. The summed E-state index contributed by atoms with van der Waals surface area (Å²) in [6.45, 7) is 7.35. The number of nitrogens with zero attached hydrogens (tertiary/aromatic N) is 3. The molecule has 2 aromatic carbocycles. The zero-order valence-electron chi connectivity index (χ0n) is 15.7. The Balaban J connectivity index is 2.11. The molecule has 2 aromatic rings. The van der Waals surface area contributed by atoms with Gasteiger partial charge in [0.15, 0.2) is 0 Å². The van der Waals surface area contributed by atoms with Crippen LogP contribution < -0.4 is 10.1 Å². The van der Waals surface area contributed by atoms with Crippen molar-refractivity contribution in [2.75, 3.05) is 32.2 Å². The number of anilines is 1. The molecule has 0 saturated carbocycles. The highest BCUT2D eigenvalue weighted by Crippen LogP contribution is 2.21. The smallest absolute Gasteiger partial charge is 0.369 e. The zero-order valence-corrected chi connectivity index (χ0v) is 16.7. The number of hydrogen-bond acceptors (Lipinski definition) is 5. The lowest BCUT2D eigenvalue weighted by molar-refractivity contribution is 0.202. The highest BCUT2D eigenvalue weighted by molar-refractivity contribution is 6.79. The molecule has 5 nitrogen and oxygen atoms in total. The molecule has 0 saturated heterocycles. The predicted molar refractivity (Wildman–Crippen MR) is 106 cm³/mol. The fourth-order valence-corrected chi connectivity index (χ4v) is 4.81. The Hall–Kier alpha value is -2.02. The molecule has 6 heteroatoms. The van der Waals surface area contributed by atoms with Crippen molar-refractivity contribution in [1.82, 2.24) is 0 Å². The molecule has 0 amide bonds. The lowest BCUT2D eigenvalue weighted by atomic mass is 10.3. The molecule has 0 aromatic heterocycles. The summed E-state index contributed by atoms with van der Waals surface area (Å²) in [5.41, 5.74) is 2.78. The number of rotatable bonds is 8. The van der Waals surface area contributed by atoms with Gasteiger partial charge in [-0.3, -0.25) is 0 Å². The second-order valence-corrected chi connectivity index (χ2v) is 9.02. The fourth-order valence-electron chi connectivity index (χ4n) is 2.52. The van der Waals surface area contributed by atoms with Crippen LogP contribution in [0.1, 0.15) is 13.8 Å². The molecule has 0 N–H and O–H groups in total. The third-order valence-electron chi connectivity index (χ3n) is 3.88. The van der Waals surface area contributed by atoms with Gasteiger partial charge in [-0.05, 0) is 62.0 Å². The molecule has 0 aliphatic heterocycles. The topological polar surface area (TPSA) is 46.4 Å². The van der Waals surface area contributed by atoms with Crippen LogP contribution in [0.3, 0.4) is 0 Å². The van der Waals surface area contributed by atoms with Crippen LogP contribution >= 0.6 is 0 Å². The quantitative estimate of drug-likeness (QED) is 0.515. The average molecular weight is 358 g/mol. The van der Waals surface area contributed by atoms with Crippen LogP contribution in [0.15, 0.2) is 58.8 Å². The first-order valence-electron chi connectivity index (χ1n) is 8.56. The number of benzene rings is 2. The summed E-state index contributed by atoms with van der Waals surface area (Å²) in [5, 5.41) is 9.71. The van der Waals surface area contributed by atoms with Crippen LogP contribution in [0, 0.1) is 0 Å². The minimum Gasteiger partial charge on any atom is -0.391 e. The molecular formula is C19H27N3O2Si. The van der Waals surface area contributed by atoms with E-state index in [1.807, 2.05) is 76.5 Å². The van der Waals surface area contributed by atoms with Crippen molar-refractivity contribution < 1.29 is 8.85 Å². The van der Waals surface area contributed by atoms with Gasteiger partial charge >= 0.3 is 8.56 Å². The number of azo groups is 1. The Labute approximate surface area is 151 Å². The maximum Gasteiger partial charge on any atom is 0.369 e. The van der Waals surface area contributed by atoms with E-state index in [9.17, 15) is 0 Å². The predicted octanol–water partition coefficient (Wildman–Crippen LogP) is 4.52. The first kappa shape index (κ1) is 19.3. The Morgan fingerprint density at radius 2 is 1.24 bits per heavy atom. The summed E-state index contributed by atoms with van der Waals surface area (Å²) in [5.74, 6) is 0. The summed E-state index contributed by atoms with van der Waals surface area (Å²) >= 11 is 0. The van der Waals surface area contributed by atoms with E-state index in [1.54, 1.807) is 0 Å².